The molecule has 0 unspecified atom stereocenters. The zero-order valence-corrected chi connectivity index (χ0v) is 8.57. The van der Waals surface area contributed by atoms with Crippen molar-refractivity contribution in [2.75, 3.05) is 0 Å². The highest BCUT2D eigenvalue weighted by Gasteiger charge is 2.01. The minimum atomic E-state index is 0.500. The second-order valence-electron chi connectivity index (χ2n) is 3.09. The van der Waals surface area contributed by atoms with E-state index in [0.717, 1.165) is 16.8 Å². The first-order valence-electron chi connectivity index (χ1n) is 4.29. The predicted molar refractivity (Wildman–Crippen MR) is 56.0 cm³/mol. The summed E-state index contributed by atoms with van der Waals surface area (Å²) in [5.41, 5.74) is 2.97. The first-order chi connectivity index (χ1) is 6.79. The summed E-state index contributed by atoms with van der Waals surface area (Å²) >= 11 is 5.67. The molecule has 0 aliphatic heterocycles. The van der Waals surface area contributed by atoms with Crippen molar-refractivity contribution in [3.05, 3.63) is 36.3 Å². The van der Waals surface area contributed by atoms with Crippen molar-refractivity contribution in [1.82, 2.24) is 14.8 Å². The van der Waals surface area contributed by atoms with Gasteiger partial charge in [-0.05, 0) is 11.6 Å². The van der Waals surface area contributed by atoms with Gasteiger partial charge in [-0.2, -0.15) is 5.10 Å². The fourth-order valence-electron chi connectivity index (χ4n) is 1.23. The Balaban J connectivity index is 2.33. The third-order valence-electron chi connectivity index (χ3n) is 1.98. The first kappa shape index (κ1) is 9.21. The minimum Gasteiger partial charge on any atom is -0.275 e. The summed E-state index contributed by atoms with van der Waals surface area (Å²) in [4.78, 5) is 4.30. The number of alkyl halides is 1. The van der Waals surface area contributed by atoms with Crippen molar-refractivity contribution < 1.29 is 0 Å². The highest BCUT2D eigenvalue weighted by atomic mass is 35.5. The standard InChI is InChI=1S/C10H10ClN3/c1-14-7-9(6-13-14)10-3-2-8(4-11)5-12-10/h2-3,5-7H,4H2,1H3. The van der Waals surface area contributed by atoms with Gasteiger partial charge in [-0.1, -0.05) is 6.07 Å². The highest BCUT2D eigenvalue weighted by molar-refractivity contribution is 6.17. The molecule has 0 saturated carbocycles. The molecule has 0 N–H and O–H groups in total. The Morgan fingerprint density at radius 1 is 1.36 bits per heavy atom. The van der Waals surface area contributed by atoms with E-state index in [9.17, 15) is 0 Å². The summed E-state index contributed by atoms with van der Waals surface area (Å²) in [5, 5.41) is 4.09. The normalized spacial score (nSPS) is 10.4. The molecule has 0 bridgehead atoms. The number of hydrogen-bond donors (Lipinski definition) is 0. The molecule has 14 heavy (non-hydrogen) atoms. The van der Waals surface area contributed by atoms with Gasteiger partial charge in [-0.15, -0.1) is 11.6 Å². The number of pyridine rings is 1. The molecule has 0 aromatic carbocycles. The van der Waals surface area contributed by atoms with Crippen LogP contribution in [0.2, 0.25) is 0 Å². The predicted octanol–water partition coefficient (Wildman–Crippen LogP) is 2.22. The molecule has 0 fully saturated rings. The summed E-state index contributed by atoms with van der Waals surface area (Å²) in [6, 6.07) is 3.93. The molecule has 0 saturated heterocycles. The quantitative estimate of drug-likeness (QED) is 0.707. The van der Waals surface area contributed by atoms with Gasteiger partial charge in [0.2, 0.25) is 0 Å². The molecule has 2 aromatic heterocycles. The van der Waals surface area contributed by atoms with E-state index in [-0.39, 0.29) is 0 Å². The van der Waals surface area contributed by atoms with Crippen LogP contribution in [0.1, 0.15) is 5.56 Å². The SMILES string of the molecule is Cn1cc(-c2ccc(CCl)cn2)cn1. The number of halogens is 1. The lowest BCUT2D eigenvalue weighted by molar-refractivity contribution is 0.768. The fraction of sp³-hybridized carbons (Fsp3) is 0.200. The van der Waals surface area contributed by atoms with Crippen LogP contribution in [0.4, 0.5) is 0 Å². The number of nitrogens with zero attached hydrogens (tertiary/aromatic N) is 3. The van der Waals surface area contributed by atoms with Gasteiger partial charge in [0, 0.05) is 30.9 Å². The van der Waals surface area contributed by atoms with E-state index in [1.54, 1.807) is 17.1 Å². The Labute approximate surface area is 87.3 Å². The number of aromatic nitrogens is 3. The molecule has 72 valence electrons. The van der Waals surface area contributed by atoms with Crippen molar-refractivity contribution in [2.24, 2.45) is 7.05 Å². The third-order valence-corrected chi connectivity index (χ3v) is 2.29. The Bertz CT molecular complexity index is 419. The van der Waals surface area contributed by atoms with Crippen molar-refractivity contribution in [2.45, 2.75) is 5.88 Å². The summed E-state index contributed by atoms with van der Waals surface area (Å²) in [6.07, 6.45) is 5.51. The molecule has 2 rings (SSSR count). The zero-order valence-electron chi connectivity index (χ0n) is 7.81. The van der Waals surface area contributed by atoms with Crippen LogP contribution in [0.5, 0.6) is 0 Å². The molecular weight excluding hydrogens is 198 g/mol. The number of hydrogen-bond acceptors (Lipinski definition) is 2. The van der Waals surface area contributed by atoms with Crippen LogP contribution in [-0.2, 0) is 12.9 Å². The molecule has 0 aliphatic rings. The van der Waals surface area contributed by atoms with E-state index in [1.165, 1.54) is 0 Å². The van der Waals surface area contributed by atoms with Gasteiger partial charge < -0.3 is 0 Å². The average Bonchev–Trinajstić information content (AvgIpc) is 2.65. The van der Waals surface area contributed by atoms with Crippen molar-refractivity contribution >= 4 is 11.6 Å². The van der Waals surface area contributed by atoms with E-state index in [1.807, 2.05) is 25.4 Å². The molecule has 0 spiro atoms. The first-order valence-corrected chi connectivity index (χ1v) is 4.83. The van der Waals surface area contributed by atoms with Crippen LogP contribution in [0.15, 0.2) is 30.7 Å². The lowest BCUT2D eigenvalue weighted by atomic mass is 10.2. The summed E-state index contributed by atoms with van der Waals surface area (Å²) in [5.74, 6) is 0.500. The molecular formula is C10H10ClN3. The van der Waals surface area contributed by atoms with Gasteiger partial charge >= 0.3 is 0 Å². The molecule has 0 radical (unpaired) electrons. The van der Waals surface area contributed by atoms with Crippen LogP contribution in [0.25, 0.3) is 11.3 Å². The average molecular weight is 208 g/mol. The molecule has 2 aromatic rings. The largest absolute Gasteiger partial charge is 0.275 e. The van der Waals surface area contributed by atoms with E-state index in [4.69, 9.17) is 11.6 Å². The van der Waals surface area contributed by atoms with Gasteiger partial charge in [0.15, 0.2) is 0 Å². The van der Waals surface area contributed by atoms with Crippen LogP contribution in [-0.4, -0.2) is 14.8 Å². The lowest BCUT2D eigenvalue weighted by Gasteiger charge is -1.97. The Morgan fingerprint density at radius 3 is 2.71 bits per heavy atom. The van der Waals surface area contributed by atoms with Crippen LogP contribution < -0.4 is 0 Å². The molecule has 4 heteroatoms. The maximum Gasteiger partial charge on any atom is 0.0733 e. The fourth-order valence-corrected chi connectivity index (χ4v) is 1.39. The van der Waals surface area contributed by atoms with E-state index in [2.05, 4.69) is 10.1 Å². The monoisotopic (exact) mass is 207 g/mol. The second-order valence-corrected chi connectivity index (χ2v) is 3.36. The molecule has 0 atom stereocenters. The van der Waals surface area contributed by atoms with Crippen LogP contribution >= 0.6 is 11.6 Å². The van der Waals surface area contributed by atoms with E-state index >= 15 is 0 Å². The maximum atomic E-state index is 5.67. The van der Waals surface area contributed by atoms with Gasteiger partial charge in [0.1, 0.15) is 0 Å². The molecule has 2 heterocycles. The summed E-state index contributed by atoms with van der Waals surface area (Å²) in [6.45, 7) is 0. The highest BCUT2D eigenvalue weighted by Crippen LogP contribution is 2.15. The summed E-state index contributed by atoms with van der Waals surface area (Å²) < 4.78 is 1.76. The van der Waals surface area contributed by atoms with Crippen molar-refractivity contribution in [3.63, 3.8) is 0 Å². The molecule has 3 nitrogen and oxygen atoms in total. The second kappa shape index (κ2) is 3.80. The van der Waals surface area contributed by atoms with Crippen molar-refractivity contribution in [1.29, 1.82) is 0 Å². The maximum absolute atomic E-state index is 5.67. The molecule has 0 aliphatic carbocycles. The number of rotatable bonds is 2. The number of aryl methyl sites for hydroxylation is 1. The summed E-state index contributed by atoms with van der Waals surface area (Å²) in [7, 11) is 1.89. The minimum absolute atomic E-state index is 0.500. The Kier molecular flexibility index (Phi) is 2.50. The van der Waals surface area contributed by atoms with E-state index < -0.39 is 0 Å². The Hall–Kier alpha value is -1.35. The van der Waals surface area contributed by atoms with Gasteiger partial charge in [0.05, 0.1) is 11.9 Å². The lowest BCUT2D eigenvalue weighted by Crippen LogP contribution is -1.85. The van der Waals surface area contributed by atoms with Crippen LogP contribution in [0, 0.1) is 0 Å². The third kappa shape index (κ3) is 1.77. The van der Waals surface area contributed by atoms with Crippen molar-refractivity contribution in [3.8, 4) is 11.3 Å². The Morgan fingerprint density at radius 2 is 2.21 bits per heavy atom. The smallest absolute Gasteiger partial charge is 0.0733 e. The zero-order chi connectivity index (χ0) is 9.97. The van der Waals surface area contributed by atoms with E-state index in [0.29, 0.717) is 5.88 Å². The van der Waals surface area contributed by atoms with Crippen LogP contribution in [0.3, 0.4) is 0 Å². The van der Waals surface area contributed by atoms with Gasteiger partial charge in [-0.25, -0.2) is 0 Å². The van der Waals surface area contributed by atoms with Gasteiger partial charge in [-0.3, -0.25) is 9.67 Å². The van der Waals surface area contributed by atoms with Gasteiger partial charge in [0.25, 0.3) is 0 Å². The topological polar surface area (TPSA) is 30.7 Å². The molecule has 0 amide bonds.